The van der Waals surface area contributed by atoms with E-state index in [0.717, 1.165) is 36.5 Å². The fourth-order valence-electron chi connectivity index (χ4n) is 7.81. The lowest BCUT2D eigenvalue weighted by atomic mass is 9.52. The molecule has 2 saturated heterocycles. The van der Waals surface area contributed by atoms with E-state index in [2.05, 4.69) is 49.0 Å². The minimum Gasteiger partial charge on any atom is -0.492 e. The van der Waals surface area contributed by atoms with Gasteiger partial charge in [-0.3, -0.25) is 9.88 Å². The molecular weight excluding hydrogens is 368 g/mol. The Hall–Kier alpha value is -1.35. The van der Waals surface area contributed by atoms with Gasteiger partial charge in [-0.2, -0.15) is 0 Å². The molecule has 2 aliphatic carbocycles. The Labute approximate surface area is 183 Å². The zero-order valence-electron chi connectivity index (χ0n) is 19.3. The molecule has 0 radical (unpaired) electrons. The van der Waals surface area contributed by atoms with Crippen molar-refractivity contribution >= 4 is 5.57 Å². The van der Waals surface area contributed by atoms with Gasteiger partial charge in [0, 0.05) is 11.7 Å². The molecule has 3 heteroatoms. The van der Waals surface area contributed by atoms with Crippen molar-refractivity contribution < 1.29 is 4.74 Å². The maximum atomic E-state index is 5.90. The van der Waals surface area contributed by atoms with Gasteiger partial charge in [0.25, 0.3) is 0 Å². The highest BCUT2D eigenvalue weighted by molar-refractivity contribution is 5.73. The van der Waals surface area contributed by atoms with Crippen molar-refractivity contribution in [3.05, 3.63) is 30.1 Å². The number of ether oxygens (including phenoxy) is 1. The van der Waals surface area contributed by atoms with Crippen LogP contribution in [0, 0.1) is 23.2 Å². The molecule has 5 rings (SSSR count). The summed E-state index contributed by atoms with van der Waals surface area (Å²) in [6.45, 7) is 10.8. The van der Waals surface area contributed by atoms with Gasteiger partial charge >= 0.3 is 0 Å². The number of nitrogens with zero attached hydrogens (tertiary/aromatic N) is 2. The fourth-order valence-corrected chi connectivity index (χ4v) is 7.81. The molecule has 2 aliphatic heterocycles. The smallest absolute Gasteiger partial charge is 0.138 e. The third-order valence-corrected chi connectivity index (χ3v) is 9.38. The molecular formula is C27H40N2O. The number of allylic oxidation sites excluding steroid dienone is 2. The monoisotopic (exact) mass is 408 g/mol. The molecule has 3 nitrogen and oxygen atoms in total. The molecule has 0 amide bonds. The van der Waals surface area contributed by atoms with Gasteiger partial charge in [-0.15, -0.1) is 0 Å². The molecule has 1 aromatic rings. The lowest BCUT2D eigenvalue weighted by Gasteiger charge is -2.60. The Morgan fingerprint density at radius 1 is 1.07 bits per heavy atom. The third-order valence-electron chi connectivity index (χ3n) is 9.38. The summed E-state index contributed by atoms with van der Waals surface area (Å²) in [6.07, 6.45) is 18.6. The van der Waals surface area contributed by atoms with E-state index in [1.54, 1.807) is 5.57 Å². The van der Waals surface area contributed by atoms with Crippen LogP contribution in [0.3, 0.4) is 0 Å². The van der Waals surface area contributed by atoms with Crippen molar-refractivity contribution in [3.63, 3.8) is 0 Å². The first-order chi connectivity index (χ1) is 14.6. The second kappa shape index (κ2) is 7.97. The Balaban J connectivity index is 1.40. The van der Waals surface area contributed by atoms with E-state index >= 15 is 0 Å². The normalized spacial score (nSPS) is 38.8. The first-order valence-corrected chi connectivity index (χ1v) is 12.6. The number of hydrogen-bond donors (Lipinski definition) is 0. The van der Waals surface area contributed by atoms with Crippen molar-refractivity contribution in [2.45, 2.75) is 84.1 Å². The summed E-state index contributed by atoms with van der Waals surface area (Å²) in [6, 6.07) is 2.24. The fraction of sp³-hybridized carbons (Fsp3) is 0.741. The number of piperidine rings is 1. The van der Waals surface area contributed by atoms with Crippen molar-refractivity contribution in [3.8, 4) is 5.75 Å². The molecule has 5 atom stereocenters. The van der Waals surface area contributed by atoms with Gasteiger partial charge in [0.05, 0.1) is 12.8 Å². The molecule has 4 aliphatic rings. The van der Waals surface area contributed by atoms with E-state index in [0.29, 0.717) is 11.0 Å². The van der Waals surface area contributed by atoms with Gasteiger partial charge in [0.15, 0.2) is 0 Å². The lowest BCUT2D eigenvalue weighted by Crippen LogP contribution is -2.61. The number of fused-ring (bicyclic) bond motifs is 5. The predicted octanol–water partition coefficient (Wildman–Crippen LogP) is 6.34. The van der Waals surface area contributed by atoms with Gasteiger partial charge in [-0.25, -0.2) is 0 Å². The summed E-state index contributed by atoms with van der Waals surface area (Å²) < 4.78 is 5.90. The van der Waals surface area contributed by atoms with Crippen LogP contribution >= 0.6 is 0 Å². The van der Waals surface area contributed by atoms with E-state index in [1.165, 1.54) is 70.0 Å². The minimum atomic E-state index is 0.301. The minimum absolute atomic E-state index is 0.301. The van der Waals surface area contributed by atoms with Crippen LogP contribution in [0.15, 0.2) is 24.5 Å². The molecule has 1 aromatic heterocycles. The number of hydrogen-bond acceptors (Lipinski definition) is 3. The van der Waals surface area contributed by atoms with E-state index in [4.69, 9.17) is 4.74 Å². The molecule has 1 saturated carbocycles. The highest BCUT2D eigenvalue weighted by atomic mass is 16.5. The van der Waals surface area contributed by atoms with Gasteiger partial charge in [0.1, 0.15) is 5.75 Å². The molecule has 3 fully saturated rings. The van der Waals surface area contributed by atoms with Gasteiger partial charge < -0.3 is 4.74 Å². The molecule has 0 spiro atoms. The number of aromatic nitrogens is 1. The standard InChI is InChI=1S/C27H40N2O/c1-4-16-30-21-17-20(18-28-19-21)23-8-9-24-22-11-15-29-14-7-5-6-12-27(29,3)25(22)10-13-26(23,24)2/h8,17-19,22,24-25H,4-7,9-16H2,1-3H3/t22-,24-,25-,26+,27+/m0/s1. The first-order valence-electron chi connectivity index (χ1n) is 12.6. The molecule has 0 N–H and O–H groups in total. The summed E-state index contributed by atoms with van der Waals surface area (Å²) >= 11 is 0. The summed E-state index contributed by atoms with van der Waals surface area (Å²) in [5.41, 5.74) is 3.59. The SMILES string of the molecule is CCCOc1cncc(C2=CC[C@H]3[C@@H]4CCN5CCCCC[C@]5(C)[C@H]4CC[C@]23C)c1. The number of rotatable bonds is 4. The Morgan fingerprint density at radius 3 is 2.83 bits per heavy atom. The molecule has 0 unspecified atom stereocenters. The van der Waals surface area contributed by atoms with E-state index in [1.807, 2.05) is 6.20 Å². The van der Waals surface area contributed by atoms with Crippen LogP contribution in [0.1, 0.15) is 84.1 Å². The molecule has 0 bridgehead atoms. The molecule has 164 valence electrons. The van der Waals surface area contributed by atoms with Gasteiger partial charge in [-0.1, -0.05) is 32.8 Å². The molecule has 0 aromatic carbocycles. The van der Waals surface area contributed by atoms with E-state index < -0.39 is 0 Å². The highest BCUT2D eigenvalue weighted by Crippen LogP contribution is 2.63. The maximum Gasteiger partial charge on any atom is 0.138 e. The van der Waals surface area contributed by atoms with E-state index in [9.17, 15) is 0 Å². The van der Waals surface area contributed by atoms with Crippen LogP contribution in [0.4, 0.5) is 0 Å². The molecule has 30 heavy (non-hydrogen) atoms. The Morgan fingerprint density at radius 2 is 1.97 bits per heavy atom. The average Bonchev–Trinajstić information content (AvgIpc) is 2.98. The largest absolute Gasteiger partial charge is 0.492 e. The van der Waals surface area contributed by atoms with Gasteiger partial charge in [0.2, 0.25) is 0 Å². The maximum absolute atomic E-state index is 5.90. The highest BCUT2D eigenvalue weighted by Gasteiger charge is 2.57. The molecule has 3 heterocycles. The van der Waals surface area contributed by atoms with Crippen LogP contribution in [-0.2, 0) is 0 Å². The number of pyridine rings is 1. The van der Waals surface area contributed by atoms with Crippen molar-refractivity contribution in [1.29, 1.82) is 0 Å². The van der Waals surface area contributed by atoms with Crippen molar-refractivity contribution in [2.24, 2.45) is 23.2 Å². The predicted molar refractivity (Wildman–Crippen MR) is 123 cm³/mol. The first kappa shape index (κ1) is 20.5. The second-order valence-electron chi connectivity index (χ2n) is 10.9. The topological polar surface area (TPSA) is 25.4 Å². The third kappa shape index (κ3) is 3.23. The summed E-state index contributed by atoms with van der Waals surface area (Å²) in [5.74, 6) is 3.49. The van der Waals surface area contributed by atoms with Gasteiger partial charge in [-0.05, 0) is 105 Å². The Bertz CT molecular complexity index is 804. The summed E-state index contributed by atoms with van der Waals surface area (Å²) in [5, 5.41) is 0. The van der Waals surface area contributed by atoms with Crippen LogP contribution < -0.4 is 4.74 Å². The van der Waals surface area contributed by atoms with Crippen molar-refractivity contribution in [1.82, 2.24) is 9.88 Å². The van der Waals surface area contributed by atoms with Crippen LogP contribution in [0.5, 0.6) is 5.75 Å². The zero-order chi connectivity index (χ0) is 20.8. The summed E-state index contributed by atoms with van der Waals surface area (Å²) in [4.78, 5) is 7.43. The average molecular weight is 409 g/mol. The van der Waals surface area contributed by atoms with Crippen molar-refractivity contribution in [2.75, 3.05) is 19.7 Å². The van der Waals surface area contributed by atoms with E-state index in [-0.39, 0.29) is 0 Å². The lowest BCUT2D eigenvalue weighted by molar-refractivity contribution is -0.0868. The zero-order valence-corrected chi connectivity index (χ0v) is 19.3. The summed E-state index contributed by atoms with van der Waals surface area (Å²) in [7, 11) is 0. The van der Waals surface area contributed by atoms with Crippen LogP contribution in [0.2, 0.25) is 0 Å². The quantitative estimate of drug-likeness (QED) is 0.581. The Kier molecular flexibility index (Phi) is 5.46. The van der Waals surface area contributed by atoms with Crippen LogP contribution in [-0.4, -0.2) is 35.1 Å². The van der Waals surface area contributed by atoms with Crippen LogP contribution in [0.25, 0.3) is 5.57 Å². The second-order valence-corrected chi connectivity index (χ2v) is 10.9.